The van der Waals surface area contributed by atoms with Crippen molar-refractivity contribution in [1.82, 2.24) is 0 Å². The fourth-order valence-corrected chi connectivity index (χ4v) is 4.11. The summed E-state index contributed by atoms with van der Waals surface area (Å²) in [6.45, 7) is 11.3. The maximum absolute atomic E-state index is 12.0. The zero-order valence-electron chi connectivity index (χ0n) is 17.2. The summed E-state index contributed by atoms with van der Waals surface area (Å²) in [6, 6.07) is 0. The van der Waals surface area contributed by atoms with E-state index in [-0.39, 0.29) is 30.1 Å². The maximum Gasteiger partial charge on any atom is 0.334 e. The van der Waals surface area contributed by atoms with E-state index in [1.807, 2.05) is 26.8 Å². The van der Waals surface area contributed by atoms with Crippen molar-refractivity contribution >= 4 is 11.9 Å². The van der Waals surface area contributed by atoms with E-state index in [4.69, 9.17) is 19.2 Å². The van der Waals surface area contributed by atoms with Crippen LogP contribution in [0, 0.1) is 5.92 Å². The molecule has 0 saturated carbocycles. The molecule has 0 amide bonds. The third kappa shape index (κ3) is 4.39. The third-order valence-electron chi connectivity index (χ3n) is 6.05. The number of hydrogen-bond acceptors (Lipinski definition) is 6. The molecular formula is C22H30O6. The molecule has 0 radical (unpaired) electrons. The van der Waals surface area contributed by atoms with Gasteiger partial charge in [-0.1, -0.05) is 18.2 Å². The van der Waals surface area contributed by atoms with Crippen molar-refractivity contribution in [2.75, 3.05) is 0 Å². The fraction of sp³-hybridized carbons (Fsp3) is 0.636. The van der Waals surface area contributed by atoms with Gasteiger partial charge in [-0.25, -0.2) is 14.6 Å². The van der Waals surface area contributed by atoms with Gasteiger partial charge in [-0.05, 0) is 64.5 Å². The van der Waals surface area contributed by atoms with Crippen molar-refractivity contribution in [2.24, 2.45) is 5.92 Å². The number of hydrogen-bond donors (Lipinski definition) is 0. The topological polar surface area (TPSA) is 71.1 Å². The van der Waals surface area contributed by atoms with E-state index >= 15 is 0 Å². The lowest BCUT2D eigenvalue weighted by molar-refractivity contribution is -0.412. The molecule has 0 N–H and O–H groups in total. The van der Waals surface area contributed by atoms with Crippen LogP contribution >= 0.6 is 0 Å². The molecule has 2 fully saturated rings. The summed E-state index contributed by atoms with van der Waals surface area (Å²) in [5.74, 6) is -0.753. The largest absolute Gasteiger partial charge is 0.459 e. The summed E-state index contributed by atoms with van der Waals surface area (Å²) in [6.07, 6.45) is 6.66. The molecule has 1 unspecified atom stereocenters. The van der Waals surface area contributed by atoms with Crippen LogP contribution in [-0.4, -0.2) is 35.9 Å². The summed E-state index contributed by atoms with van der Waals surface area (Å²) in [7, 11) is 0. The van der Waals surface area contributed by atoms with E-state index in [1.54, 1.807) is 0 Å². The summed E-state index contributed by atoms with van der Waals surface area (Å²) in [5.41, 5.74) is 1.94. The fourth-order valence-electron chi connectivity index (χ4n) is 4.11. The summed E-state index contributed by atoms with van der Waals surface area (Å²) < 4.78 is 11.1. The molecule has 4 aliphatic rings. The van der Waals surface area contributed by atoms with Gasteiger partial charge in [0, 0.05) is 18.4 Å². The molecule has 154 valence electrons. The zero-order valence-corrected chi connectivity index (χ0v) is 17.2. The number of ether oxygens (including phenoxy) is 2. The third-order valence-corrected chi connectivity index (χ3v) is 6.05. The van der Waals surface area contributed by atoms with E-state index in [2.05, 4.69) is 12.7 Å². The molecule has 3 heterocycles. The van der Waals surface area contributed by atoms with Crippen molar-refractivity contribution in [2.45, 2.75) is 83.7 Å². The van der Waals surface area contributed by atoms with Gasteiger partial charge >= 0.3 is 11.9 Å². The summed E-state index contributed by atoms with van der Waals surface area (Å²) in [5, 5.41) is 0. The van der Waals surface area contributed by atoms with Gasteiger partial charge in [0.15, 0.2) is 0 Å². The second-order valence-corrected chi connectivity index (χ2v) is 8.35. The smallest absolute Gasteiger partial charge is 0.334 e. The van der Waals surface area contributed by atoms with Gasteiger partial charge in [-0.2, -0.15) is 0 Å². The first-order valence-corrected chi connectivity index (χ1v) is 9.95. The molecule has 5 atom stereocenters. The number of allylic oxidation sites excluding steroid dienone is 2. The highest BCUT2D eigenvalue weighted by Crippen LogP contribution is 2.38. The van der Waals surface area contributed by atoms with Crippen LogP contribution in [0.5, 0.6) is 0 Å². The Morgan fingerprint density at radius 2 is 2.07 bits per heavy atom. The number of fused-ring (bicyclic) bond motifs is 6. The molecule has 28 heavy (non-hydrogen) atoms. The Balaban J connectivity index is 1.91. The van der Waals surface area contributed by atoms with Crippen molar-refractivity contribution < 1.29 is 28.8 Å². The van der Waals surface area contributed by atoms with Gasteiger partial charge in [0.1, 0.15) is 23.9 Å². The normalized spacial score (nSPS) is 40.4. The Morgan fingerprint density at radius 1 is 1.32 bits per heavy atom. The molecule has 6 nitrogen and oxygen atoms in total. The molecule has 1 aliphatic carbocycles. The van der Waals surface area contributed by atoms with E-state index in [0.29, 0.717) is 24.8 Å². The van der Waals surface area contributed by atoms with Crippen molar-refractivity contribution in [1.29, 1.82) is 0 Å². The van der Waals surface area contributed by atoms with Gasteiger partial charge in [0.05, 0.1) is 0 Å². The van der Waals surface area contributed by atoms with Crippen LogP contribution in [0.15, 0.2) is 35.5 Å². The Morgan fingerprint density at radius 3 is 2.71 bits per heavy atom. The minimum Gasteiger partial charge on any atom is -0.459 e. The number of esters is 2. The number of carbonyl (C=O) groups is 2. The second-order valence-electron chi connectivity index (χ2n) is 8.35. The lowest BCUT2D eigenvalue weighted by Crippen LogP contribution is -2.49. The number of carbonyl (C=O) groups excluding carboxylic acids is 2. The Hall–Kier alpha value is -1.92. The van der Waals surface area contributed by atoms with E-state index in [9.17, 15) is 9.59 Å². The lowest BCUT2D eigenvalue weighted by Gasteiger charge is -2.41. The van der Waals surface area contributed by atoms with E-state index in [0.717, 1.165) is 24.0 Å². The van der Waals surface area contributed by atoms with E-state index in [1.165, 1.54) is 6.92 Å². The van der Waals surface area contributed by atoms with Gasteiger partial charge < -0.3 is 9.47 Å². The molecule has 0 aromatic rings. The minimum atomic E-state index is -0.691. The second kappa shape index (κ2) is 8.21. The van der Waals surface area contributed by atoms with Gasteiger partial charge in [0.25, 0.3) is 0 Å². The molecular weight excluding hydrogens is 360 g/mol. The first-order chi connectivity index (χ1) is 13.2. The van der Waals surface area contributed by atoms with Gasteiger partial charge in [-0.3, -0.25) is 4.79 Å². The Bertz CT molecular complexity index is 711. The number of rotatable bonds is 1. The van der Waals surface area contributed by atoms with Crippen molar-refractivity contribution in [3.05, 3.63) is 35.5 Å². The predicted octanol–water partition coefficient (Wildman–Crippen LogP) is 3.96. The van der Waals surface area contributed by atoms with Crippen LogP contribution in [0.1, 0.15) is 59.8 Å². The van der Waals surface area contributed by atoms with Crippen LogP contribution in [-0.2, 0) is 28.8 Å². The highest BCUT2D eigenvalue weighted by molar-refractivity contribution is 5.91. The average molecular weight is 390 g/mol. The lowest BCUT2D eigenvalue weighted by atomic mass is 9.85. The standard InChI is InChI=1S/C22H30O6/c1-13-6-9-20(25-16(4)23)22(5)11-10-18(27-28-22)14(2)7-8-17-15(3)21(24)26-19(17)12-13/h7,12,17-20H,3,6,8-11H2,1-2,4-5H3/b13-12+,14-7-/t17-,18-,19-,20+,22?/m0/s1. The average Bonchev–Trinajstić information content (AvgIpc) is 2.89. The highest BCUT2D eigenvalue weighted by atomic mass is 17.2. The van der Waals surface area contributed by atoms with Gasteiger partial charge in [-0.15, -0.1) is 0 Å². The molecule has 3 aliphatic heterocycles. The predicted molar refractivity (Wildman–Crippen MR) is 103 cm³/mol. The van der Waals surface area contributed by atoms with Crippen LogP contribution in [0.3, 0.4) is 0 Å². The first kappa shape index (κ1) is 20.8. The monoisotopic (exact) mass is 390 g/mol. The molecule has 0 spiro atoms. The molecule has 2 bridgehead atoms. The Kier molecular flexibility index (Phi) is 6.10. The SMILES string of the molecule is C=C1C(=O)O[C@H]2/C=C(\C)CC[C@@H](OC(C)=O)C3(C)CC[C@H](OO3)/C(C)=C\C[C@@H]12. The molecule has 4 rings (SSSR count). The first-order valence-electron chi connectivity index (χ1n) is 9.95. The molecule has 2 saturated heterocycles. The molecule has 0 aromatic heterocycles. The van der Waals surface area contributed by atoms with Crippen LogP contribution in [0.4, 0.5) is 0 Å². The Labute approximate surface area is 166 Å². The molecule has 0 aromatic carbocycles. The minimum absolute atomic E-state index is 0.0839. The van der Waals surface area contributed by atoms with E-state index < -0.39 is 11.7 Å². The van der Waals surface area contributed by atoms with Crippen molar-refractivity contribution in [3.63, 3.8) is 0 Å². The summed E-state index contributed by atoms with van der Waals surface area (Å²) >= 11 is 0. The van der Waals surface area contributed by atoms with Crippen LogP contribution in [0.2, 0.25) is 0 Å². The van der Waals surface area contributed by atoms with Gasteiger partial charge in [0.2, 0.25) is 0 Å². The quantitative estimate of drug-likeness (QED) is 0.292. The zero-order chi connectivity index (χ0) is 20.5. The van der Waals surface area contributed by atoms with Crippen LogP contribution in [0.25, 0.3) is 0 Å². The summed E-state index contributed by atoms with van der Waals surface area (Å²) in [4.78, 5) is 35.2. The molecule has 6 heteroatoms. The van der Waals surface area contributed by atoms with Crippen LogP contribution < -0.4 is 0 Å². The van der Waals surface area contributed by atoms with Crippen molar-refractivity contribution in [3.8, 4) is 0 Å². The highest BCUT2D eigenvalue weighted by Gasteiger charge is 2.44. The maximum atomic E-state index is 12.0.